The molecule has 14 aromatic rings. The summed E-state index contributed by atoms with van der Waals surface area (Å²) >= 11 is 0. The van der Waals surface area contributed by atoms with Gasteiger partial charge in [0.1, 0.15) is 11.2 Å². The number of hydrogen-bond donors (Lipinski definition) is 0. The lowest BCUT2D eigenvalue weighted by Gasteiger charge is -2.13. The maximum Gasteiger partial charge on any atom is 0.164 e. The van der Waals surface area contributed by atoms with E-state index in [1.165, 1.54) is 43.3 Å². The van der Waals surface area contributed by atoms with Gasteiger partial charge in [0.25, 0.3) is 0 Å². The number of aromatic nitrogens is 4. The van der Waals surface area contributed by atoms with Gasteiger partial charge in [0, 0.05) is 49.7 Å². The van der Waals surface area contributed by atoms with Gasteiger partial charge in [-0.2, -0.15) is 0 Å². The minimum absolute atomic E-state index is 0.593. The van der Waals surface area contributed by atoms with Crippen molar-refractivity contribution in [3.05, 3.63) is 218 Å². The first-order valence-corrected chi connectivity index (χ1v) is 22.3. The van der Waals surface area contributed by atoms with E-state index < -0.39 is 0 Å². The van der Waals surface area contributed by atoms with Gasteiger partial charge in [0.15, 0.2) is 17.5 Å². The molecule has 0 atom stereocenters. The first-order valence-electron chi connectivity index (χ1n) is 22.3. The number of rotatable bonds is 5. The van der Waals surface area contributed by atoms with E-state index >= 15 is 0 Å². The van der Waals surface area contributed by atoms with Gasteiger partial charge >= 0.3 is 0 Å². The van der Waals surface area contributed by atoms with Crippen molar-refractivity contribution in [1.82, 2.24) is 19.5 Å². The summed E-state index contributed by atoms with van der Waals surface area (Å²) in [4.78, 5) is 15.6. The maximum absolute atomic E-state index is 6.82. The van der Waals surface area contributed by atoms with Crippen molar-refractivity contribution in [1.29, 1.82) is 0 Å². The van der Waals surface area contributed by atoms with E-state index in [1.807, 2.05) is 0 Å². The largest absolute Gasteiger partial charge is 0.456 e. The Bertz CT molecular complexity index is 4290. The third kappa shape index (κ3) is 5.70. The molecule has 11 aromatic carbocycles. The second-order valence-electron chi connectivity index (χ2n) is 17.2. The summed E-state index contributed by atoms with van der Waals surface area (Å²) in [5.41, 5.74) is 10.1. The quantitative estimate of drug-likeness (QED) is 0.173. The van der Waals surface area contributed by atoms with Crippen LogP contribution in [-0.2, 0) is 0 Å². The SMILES string of the molecule is c1ccc2cc(-c3nc(-c4ccc(-c5cccc6ccccc56)cc4)nc(-c4ccc5oc6cc(-n7c8ccccc8c8cc9ccccc9cc87)c7ccccc7c6c5c4)n3)ccc2c1. The highest BCUT2D eigenvalue weighted by atomic mass is 16.3. The number of fused-ring (bicyclic) bond motifs is 11. The number of benzene rings is 11. The molecule has 0 aliphatic carbocycles. The Morgan fingerprint density at radius 3 is 1.65 bits per heavy atom. The fraction of sp³-hybridized carbons (Fsp3) is 0. The molecule has 0 unspecified atom stereocenters. The molecular weight excluding hydrogens is 805 g/mol. The van der Waals surface area contributed by atoms with Gasteiger partial charge in [-0.05, 0) is 91.3 Å². The van der Waals surface area contributed by atoms with Crippen molar-refractivity contribution in [2.75, 3.05) is 0 Å². The fourth-order valence-electron chi connectivity index (χ4n) is 10.2. The van der Waals surface area contributed by atoms with Crippen LogP contribution in [0, 0.1) is 0 Å². The summed E-state index contributed by atoms with van der Waals surface area (Å²) in [5.74, 6) is 1.82. The normalized spacial score (nSPS) is 11.9. The summed E-state index contributed by atoms with van der Waals surface area (Å²) in [7, 11) is 0. The van der Waals surface area contributed by atoms with E-state index in [4.69, 9.17) is 19.4 Å². The van der Waals surface area contributed by atoms with Crippen LogP contribution in [0.3, 0.4) is 0 Å². The van der Waals surface area contributed by atoms with Crippen molar-refractivity contribution >= 4 is 86.8 Å². The lowest BCUT2D eigenvalue weighted by molar-refractivity contribution is 0.669. The molecule has 0 radical (unpaired) electrons. The summed E-state index contributed by atoms with van der Waals surface area (Å²) in [6.07, 6.45) is 0. The summed E-state index contributed by atoms with van der Waals surface area (Å²) in [5, 5.41) is 13.9. The Morgan fingerprint density at radius 1 is 0.303 bits per heavy atom. The molecule has 0 saturated heterocycles. The van der Waals surface area contributed by atoms with E-state index in [0.29, 0.717) is 17.5 Å². The van der Waals surface area contributed by atoms with Crippen LogP contribution in [0.15, 0.2) is 223 Å². The van der Waals surface area contributed by atoms with Gasteiger partial charge in [0.05, 0.1) is 16.7 Å². The van der Waals surface area contributed by atoms with Gasteiger partial charge in [-0.3, -0.25) is 0 Å². The van der Waals surface area contributed by atoms with E-state index in [0.717, 1.165) is 77.1 Å². The number of hydrogen-bond acceptors (Lipinski definition) is 4. The molecule has 5 heteroatoms. The average Bonchev–Trinajstić information content (AvgIpc) is 3.92. The first-order chi connectivity index (χ1) is 32.7. The molecule has 14 rings (SSSR count). The van der Waals surface area contributed by atoms with Crippen molar-refractivity contribution in [2.45, 2.75) is 0 Å². The molecule has 0 amide bonds. The standard InChI is InChI=1S/C61H36N4O/c1-2-14-41-32-44(29-24-37(41)12-1)60-62-59(40-27-25-39(26-28-40)47-22-11-17-38-13-5-6-18-46(38)47)63-61(64-60)45-30-31-56-52(34-45)58-50-21-8-7-19-48(50)55(36-57(58)66-56)65-53-23-10-9-20-49(53)51-33-42-15-3-4-16-43(42)35-54(51)65/h1-36H. The van der Waals surface area contributed by atoms with Gasteiger partial charge in [-0.15, -0.1) is 0 Å². The second-order valence-corrected chi connectivity index (χ2v) is 17.2. The zero-order valence-electron chi connectivity index (χ0n) is 35.5. The molecule has 3 heterocycles. The van der Waals surface area contributed by atoms with E-state index in [1.54, 1.807) is 0 Å². The molecule has 0 saturated carbocycles. The molecule has 0 aliphatic rings. The Hall–Kier alpha value is -8.93. The van der Waals surface area contributed by atoms with Crippen LogP contribution in [0.4, 0.5) is 0 Å². The molecule has 0 spiro atoms. The monoisotopic (exact) mass is 840 g/mol. The zero-order chi connectivity index (χ0) is 43.3. The van der Waals surface area contributed by atoms with Crippen LogP contribution in [-0.4, -0.2) is 19.5 Å². The molecule has 3 aromatic heterocycles. The molecule has 5 nitrogen and oxygen atoms in total. The molecule has 0 fully saturated rings. The van der Waals surface area contributed by atoms with Crippen LogP contribution >= 0.6 is 0 Å². The Labute approximate surface area is 378 Å². The smallest absolute Gasteiger partial charge is 0.164 e. The van der Waals surface area contributed by atoms with Crippen LogP contribution in [0.2, 0.25) is 0 Å². The van der Waals surface area contributed by atoms with Crippen LogP contribution in [0.1, 0.15) is 0 Å². The summed E-state index contributed by atoms with van der Waals surface area (Å²) in [6, 6.07) is 77.5. The highest BCUT2D eigenvalue weighted by Gasteiger charge is 2.21. The maximum atomic E-state index is 6.82. The minimum Gasteiger partial charge on any atom is -0.456 e. The average molecular weight is 841 g/mol. The second kappa shape index (κ2) is 14.3. The van der Waals surface area contributed by atoms with Crippen molar-refractivity contribution in [3.8, 4) is 51.0 Å². The van der Waals surface area contributed by atoms with Gasteiger partial charge in [-0.25, -0.2) is 15.0 Å². The minimum atomic E-state index is 0.593. The number of furan rings is 1. The lowest BCUT2D eigenvalue weighted by Crippen LogP contribution is -2.00. The van der Waals surface area contributed by atoms with Gasteiger partial charge in [-0.1, -0.05) is 170 Å². The van der Waals surface area contributed by atoms with E-state index in [9.17, 15) is 0 Å². The fourth-order valence-corrected chi connectivity index (χ4v) is 10.2. The van der Waals surface area contributed by atoms with E-state index in [2.05, 4.69) is 223 Å². The van der Waals surface area contributed by atoms with Crippen LogP contribution in [0.25, 0.3) is 138 Å². The molecule has 0 N–H and O–H groups in total. The van der Waals surface area contributed by atoms with Crippen molar-refractivity contribution in [2.24, 2.45) is 0 Å². The van der Waals surface area contributed by atoms with Crippen molar-refractivity contribution in [3.63, 3.8) is 0 Å². The third-order valence-electron chi connectivity index (χ3n) is 13.4. The predicted octanol–water partition coefficient (Wildman–Crippen LogP) is 16.1. The third-order valence-corrected chi connectivity index (χ3v) is 13.4. The summed E-state index contributed by atoms with van der Waals surface area (Å²) < 4.78 is 9.23. The van der Waals surface area contributed by atoms with Crippen LogP contribution < -0.4 is 0 Å². The lowest BCUT2D eigenvalue weighted by atomic mass is 9.97. The Kier molecular flexibility index (Phi) is 7.91. The molecular formula is C61H36N4O. The number of para-hydroxylation sites is 1. The van der Waals surface area contributed by atoms with E-state index in [-0.39, 0.29) is 0 Å². The Morgan fingerprint density at radius 2 is 0.864 bits per heavy atom. The highest BCUT2D eigenvalue weighted by Crippen LogP contribution is 2.43. The van der Waals surface area contributed by atoms with Gasteiger partial charge in [0.2, 0.25) is 0 Å². The van der Waals surface area contributed by atoms with Gasteiger partial charge < -0.3 is 8.98 Å². The topological polar surface area (TPSA) is 56.7 Å². The predicted molar refractivity (Wildman–Crippen MR) is 273 cm³/mol. The molecule has 0 aliphatic heterocycles. The zero-order valence-corrected chi connectivity index (χ0v) is 35.5. The number of nitrogens with zero attached hydrogens (tertiary/aromatic N) is 4. The highest BCUT2D eigenvalue weighted by molar-refractivity contribution is 6.22. The molecule has 306 valence electrons. The summed E-state index contributed by atoms with van der Waals surface area (Å²) in [6.45, 7) is 0. The molecule has 0 bridgehead atoms. The molecule has 66 heavy (non-hydrogen) atoms. The van der Waals surface area contributed by atoms with Crippen LogP contribution in [0.5, 0.6) is 0 Å². The first kappa shape index (κ1) is 36.5. The van der Waals surface area contributed by atoms with Crippen molar-refractivity contribution < 1.29 is 4.42 Å². The Balaban J connectivity index is 0.949.